The van der Waals surface area contributed by atoms with Gasteiger partial charge in [0.25, 0.3) is 0 Å². The van der Waals surface area contributed by atoms with Gasteiger partial charge in [0.05, 0.1) is 0 Å². The van der Waals surface area contributed by atoms with Gasteiger partial charge in [-0.2, -0.15) is 0 Å². The van der Waals surface area contributed by atoms with Crippen LogP contribution >= 0.6 is 0 Å². The zero-order chi connectivity index (χ0) is 6.95. The van der Waals surface area contributed by atoms with Crippen LogP contribution < -0.4 is 0 Å². The zero-order valence-electron chi connectivity index (χ0n) is 6.25. The minimum Gasteiger partial charge on any atom is -0.0991 e. The third-order valence-corrected chi connectivity index (χ3v) is 0.773. The van der Waals surface area contributed by atoms with E-state index in [4.69, 9.17) is 0 Å². The maximum atomic E-state index is 3.54. The van der Waals surface area contributed by atoms with Crippen LogP contribution in [0.4, 0.5) is 0 Å². The summed E-state index contributed by atoms with van der Waals surface area (Å²) in [6.45, 7) is 5.53. The number of hydrogen-bond donors (Lipinski definition) is 0. The van der Waals surface area contributed by atoms with Gasteiger partial charge in [-0.1, -0.05) is 49.1 Å². The molecule has 0 bridgehead atoms. The second kappa shape index (κ2) is 11.5. The van der Waals surface area contributed by atoms with E-state index in [-0.39, 0.29) is 28.2 Å². The molecule has 0 fully saturated rings. The quantitative estimate of drug-likeness (QED) is 0.529. The predicted molar refractivity (Wildman–Crippen MR) is 55.4 cm³/mol. The Morgan fingerprint density at radius 1 is 1.00 bits per heavy atom. The Balaban J connectivity index is -0.0000000533. The summed E-state index contributed by atoms with van der Waals surface area (Å²) in [5.41, 5.74) is 0. The van der Waals surface area contributed by atoms with E-state index in [0.29, 0.717) is 0 Å². The van der Waals surface area contributed by atoms with Crippen LogP contribution in [0.25, 0.3) is 0 Å². The third-order valence-electron chi connectivity index (χ3n) is 0.773. The van der Waals surface area contributed by atoms with Crippen molar-refractivity contribution in [3.05, 3.63) is 49.1 Å². The maximum absolute atomic E-state index is 3.54. The van der Waals surface area contributed by atoms with Crippen LogP contribution in [0.5, 0.6) is 0 Å². The van der Waals surface area contributed by atoms with Crippen LogP contribution in [-0.2, 0) is 0 Å². The van der Waals surface area contributed by atoms with Crippen LogP contribution in [0, 0.1) is 0 Å². The van der Waals surface area contributed by atoms with Gasteiger partial charge in [-0.3, -0.25) is 0 Å². The van der Waals surface area contributed by atoms with E-state index in [2.05, 4.69) is 6.58 Å². The summed E-state index contributed by atoms with van der Waals surface area (Å²) in [5.74, 6) is 0. The van der Waals surface area contributed by atoms with E-state index >= 15 is 0 Å². The Kier molecular flexibility index (Phi) is 14.4. The molecule has 0 aromatic carbocycles. The van der Waals surface area contributed by atoms with Gasteiger partial charge in [-0.25, -0.2) is 0 Å². The van der Waals surface area contributed by atoms with E-state index in [1.165, 1.54) is 0 Å². The summed E-state index contributed by atoms with van der Waals surface area (Å²) >= 11 is 0. The largest absolute Gasteiger partial charge is 0.0991 e. The van der Waals surface area contributed by atoms with Crippen LogP contribution in [0.15, 0.2) is 49.1 Å². The fourth-order valence-electron chi connectivity index (χ4n) is 0.382. The fourth-order valence-corrected chi connectivity index (χ4v) is 0.382. The van der Waals surface area contributed by atoms with Crippen molar-refractivity contribution < 1.29 is 4.28 Å². The molecule has 0 aliphatic heterocycles. The Morgan fingerprint density at radius 3 is 2.00 bits per heavy atom. The molecule has 4 radical (unpaired) electrons. The van der Waals surface area contributed by atoms with Gasteiger partial charge in [0.15, 0.2) is 0 Å². The molecular formula is C9H18Sn. The molecule has 0 aliphatic rings. The van der Waals surface area contributed by atoms with Crippen LogP contribution in [0.3, 0.4) is 0 Å². The molecule has 0 rings (SSSR count). The van der Waals surface area contributed by atoms with E-state index in [0.717, 1.165) is 0 Å². The topological polar surface area (TPSA) is 0 Å². The normalized spacial score (nSPS) is 10.9. The first-order chi connectivity index (χ1) is 4.41. The molecule has 0 aliphatic carbocycles. The van der Waals surface area contributed by atoms with Crippen molar-refractivity contribution in [2.75, 3.05) is 0 Å². The fraction of sp³-hybridized carbons (Fsp3) is 0.111. The summed E-state index contributed by atoms with van der Waals surface area (Å²) < 4.78 is 0. The van der Waals surface area contributed by atoms with Crippen molar-refractivity contribution in [3.8, 4) is 0 Å². The van der Waals surface area contributed by atoms with Crippen molar-refractivity contribution in [2.45, 2.75) is 6.92 Å². The maximum Gasteiger partial charge on any atom is 0 e. The first-order valence-corrected chi connectivity index (χ1v) is 2.99. The molecule has 0 saturated heterocycles. The van der Waals surface area contributed by atoms with Gasteiger partial charge >= 0.3 is 0 Å². The minimum atomic E-state index is 0. The van der Waals surface area contributed by atoms with Gasteiger partial charge in [0, 0.05) is 28.2 Å². The molecule has 0 spiro atoms. The van der Waals surface area contributed by atoms with Crippen molar-refractivity contribution in [3.63, 3.8) is 0 Å². The standard InChI is InChI=1S/C9H12.Sn.3H2/c1-3-5-7-9-8-6-4-2;;;;/h3-9H,1H2,2H3;;3*1H/b6-4+,7-5+,9-8+;;;;. The summed E-state index contributed by atoms with van der Waals surface area (Å²) in [6.07, 6.45) is 13.5. The first kappa shape index (κ1) is 12.4. The van der Waals surface area contributed by atoms with Crippen molar-refractivity contribution >= 4 is 23.9 Å². The average molecular weight is 245 g/mol. The van der Waals surface area contributed by atoms with Crippen LogP contribution in [0.2, 0.25) is 0 Å². The molecule has 0 atom stereocenters. The van der Waals surface area contributed by atoms with Crippen molar-refractivity contribution in [1.29, 1.82) is 0 Å². The molecule has 0 nitrogen and oxygen atoms in total. The van der Waals surface area contributed by atoms with Gasteiger partial charge in [0.2, 0.25) is 0 Å². The second-order valence-corrected chi connectivity index (χ2v) is 1.53. The third kappa shape index (κ3) is 10.7. The van der Waals surface area contributed by atoms with E-state index in [9.17, 15) is 0 Å². The van der Waals surface area contributed by atoms with E-state index < -0.39 is 0 Å². The summed E-state index contributed by atoms with van der Waals surface area (Å²) in [4.78, 5) is 0. The SMILES string of the molecule is C=C/C=C/C=C/C=C/C.[HH].[HH].[HH].[Sn]. The van der Waals surface area contributed by atoms with E-state index in [1.54, 1.807) is 6.08 Å². The Morgan fingerprint density at radius 2 is 1.50 bits per heavy atom. The Bertz CT molecular complexity index is 151. The van der Waals surface area contributed by atoms with E-state index in [1.807, 2.05) is 43.4 Å². The molecule has 10 heavy (non-hydrogen) atoms. The number of hydrogen-bond acceptors (Lipinski definition) is 0. The predicted octanol–water partition coefficient (Wildman–Crippen LogP) is 3.22. The first-order valence-electron chi connectivity index (χ1n) is 2.99. The molecule has 1 heteroatoms. The number of rotatable bonds is 3. The smallest absolute Gasteiger partial charge is 0 e. The molecule has 58 valence electrons. The molecule has 0 amide bonds. The Labute approximate surface area is 84.4 Å². The van der Waals surface area contributed by atoms with Gasteiger partial charge < -0.3 is 0 Å². The van der Waals surface area contributed by atoms with Crippen LogP contribution in [-0.4, -0.2) is 23.9 Å². The molecular weight excluding hydrogens is 227 g/mol. The van der Waals surface area contributed by atoms with Gasteiger partial charge in [-0.05, 0) is 6.92 Å². The minimum absolute atomic E-state index is 0. The second-order valence-electron chi connectivity index (χ2n) is 1.53. The van der Waals surface area contributed by atoms with Crippen molar-refractivity contribution in [2.24, 2.45) is 0 Å². The molecule has 0 unspecified atom stereocenters. The van der Waals surface area contributed by atoms with Crippen molar-refractivity contribution in [1.82, 2.24) is 0 Å². The molecule has 0 N–H and O–H groups in total. The summed E-state index contributed by atoms with van der Waals surface area (Å²) in [7, 11) is 0. The van der Waals surface area contributed by atoms with Gasteiger partial charge in [-0.15, -0.1) is 0 Å². The average Bonchev–Trinajstić information content (AvgIpc) is 1.89. The Hall–Kier alpha value is -0.241. The molecule has 0 saturated carbocycles. The molecule has 0 aromatic heterocycles. The van der Waals surface area contributed by atoms with Gasteiger partial charge in [0.1, 0.15) is 0 Å². The molecule has 0 aromatic rings. The van der Waals surface area contributed by atoms with Crippen LogP contribution in [0.1, 0.15) is 11.2 Å². The number of allylic oxidation sites excluding steroid dienone is 7. The molecule has 0 heterocycles. The summed E-state index contributed by atoms with van der Waals surface area (Å²) in [5, 5.41) is 0. The zero-order valence-corrected chi connectivity index (χ0v) is 9.10. The summed E-state index contributed by atoms with van der Waals surface area (Å²) in [6, 6.07) is 0. The monoisotopic (exact) mass is 246 g/mol.